The van der Waals surface area contributed by atoms with Gasteiger partial charge in [-0.2, -0.15) is 0 Å². The largest absolute Gasteiger partial charge is 0.497 e. The van der Waals surface area contributed by atoms with Gasteiger partial charge in [0.1, 0.15) is 17.4 Å². The highest BCUT2D eigenvalue weighted by molar-refractivity contribution is 6.02. The van der Waals surface area contributed by atoms with Gasteiger partial charge in [-0.15, -0.1) is 0 Å². The SMILES string of the molecule is COC(=O)C1C(=O)CC(C)(O)C(C(=O)OC)C1c1cc(OC)cc(OC)c1. The number of methoxy groups -OCH3 is 4. The van der Waals surface area contributed by atoms with Crippen LogP contribution < -0.4 is 9.47 Å². The smallest absolute Gasteiger partial charge is 0.316 e. The maximum Gasteiger partial charge on any atom is 0.316 e. The molecule has 1 aliphatic rings. The van der Waals surface area contributed by atoms with Crippen molar-refractivity contribution in [2.45, 2.75) is 24.9 Å². The van der Waals surface area contributed by atoms with E-state index in [-0.39, 0.29) is 6.42 Å². The summed E-state index contributed by atoms with van der Waals surface area (Å²) in [6, 6.07) is 4.80. The summed E-state index contributed by atoms with van der Waals surface area (Å²) in [5.74, 6) is -4.64. The number of hydrogen-bond acceptors (Lipinski definition) is 8. The van der Waals surface area contributed by atoms with Gasteiger partial charge < -0.3 is 24.1 Å². The predicted octanol–water partition coefficient (Wildman–Crippen LogP) is 1.09. The van der Waals surface area contributed by atoms with Gasteiger partial charge in [-0.1, -0.05) is 0 Å². The van der Waals surface area contributed by atoms with E-state index in [1.807, 2.05) is 0 Å². The van der Waals surface area contributed by atoms with Crippen molar-refractivity contribution in [3.63, 3.8) is 0 Å². The average Bonchev–Trinajstić information content (AvgIpc) is 2.64. The van der Waals surface area contributed by atoms with E-state index in [2.05, 4.69) is 0 Å². The van der Waals surface area contributed by atoms with E-state index in [9.17, 15) is 19.5 Å². The van der Waals surface area contributed by atoms with Crippen molar-refractivity contribution in [2.24, 2.45) is 11.8 Å². The number of Topliss-reactive ketones (excluding diaryl/α,β-unsaturated/α-hetero) is 1. The molecule has 2 rings (SSSR count). The van der Waals surface area contributed by atoms with E-state index >= 15 is 0 Å². The minimum absolute atomic E-state index is 0.371. The molecule has 0 bridgehead atoms. The van der Waals surface area contributed by atoms with Crippen molar-refractivity contribution >= 4 is 17.7 Å². The highest BCUT2D eigenvalue weighted by Crippen LogP contribution is 2.47. The fourth-order valence-electron chi connectivity index (χ4n) is 3.69. The number of benzene rings is 1. The molecule has 4 atom stereocenters. The van der Waals surface area contributed by atoms with Crippen molar-refractivity contribution in [3.8, 4) is 11.5 Å². The molecular weight excluding hydrogens is 356 g/mol. The van der Waals surface area contributed by atoms with Gasteiger partial charge in [0.05, 0.1) is 40.0 Å². The number of carbonyl (C=O) groups is 3. The van der Waals surface area contributed by atoms with Crippen molar-refractivity contribution in [2.75, 3.05) is 28.4 Å². The van der Waals surface area contributed by atoms with Gasteiger partial charge in [-0.25, -0.2) is 0 Å². The standard InChI is InChI=1S/C19H24O8/c1-19(23)9-13(20)15(17(21)26-4)14(16(19)18(22)27-5)10-6-11(24-2)8-12(7-10)25-3/h6-8,14-16,23H,9H2,1-5H3. The van der Waals surface area contributed by atoms with Gasteiger partial charge in [0, 0.05) is 18.4 Å². The third-order valence-corrected chi connectivity index (χ3v) is 4.94. The zero-order valence-corrected chi connectivity index (χ0v) is 16.0. The first-order valence-electron chi connectivity index (χ1n) is 8.33. The first kappa shape index (κ1) is 20.7. The molecule has 0 heterocycles. The Hall–Kier alpha value is -2.61. The van der Waals surface area contributed by atoms with Gasteiger partial charge in [0.15, 0.2) is 5.78 Å². The molecule has 8 nitrogen and oxygen atoms in total. The van der Waals surface area contributed by atoms with Crippen molar-refractivity contribution in [3.05, 3.63) is 23.8 Å². The van der Waals surface area contributed by atoms with Crippen LogP contribution in [0.4, 0.5) is 0 Å². The lowest BCUT2D eigenvalue weighted by atomic mass is 9.61. The number of hydrogen-bond donors (Lipinski definition) is 1. The summed E-state index contributed by atoms with van der Waals surface area (Å²) in [6.07, 6.45) is -0.371. The van der Waals surface area contributed by atoms with Crippen LogP contribution >= 0.6 is 0 Å². The Kier molecular flexibility index (Phi) is 6.10. The summed E-state index contributed by atoms with van der Waals surface area (Å²) in [5, 5.41) is 10.8. The second-order valence-electron chi connectivity index (χ2n) is 6.67. The maximum absolute atomic E-state index is 12.7. The van der Waals surface area contributed by atoms with Crippen LogP contribution in [0.1, 0.15) is 24.8 Å². The summed E-state index contributed by atoms with van der Waals surface area (Å²) in [4.78, 5) is 37.6. The monoisotopic (exact) mass is 380 g/mol. The van der Waals surface area contributed by atoms with Crippen LogP contribution in [0.3, 0.4) is 0 Å². The quantitative estimate of drug-likeness (QED) is 0.597. The molecule has 0 aromatic heterocycles. The molecule has 1 aromatic carbocycles. The van der Waals surface area contributed by atoms with Crippen LogP contribution in [-0.4, -0.2) is 56.9 Å². The van der Waals surface area contributed by atoms with Crippen LogP contribution in [-0.2, 0) is 23.9 Å². The van der Waals surface area contributed by atoms with E-state index < -0.39 is 41.1 Å². The Bertz CT molecular complexity index is 717. The van der Waals surface area contributed by atoms with E-state index in [1.165, 1.54) is 35.4 Å². The van der Waals surface area contributed by atoms with Gasteiger partial charge in [-0.3, -0.25) is 14.4 Å². The third kappa shape index (κ3) is 3.90. The summed E-state index contributed by atoms with van der Waals surface area (Å²) < 4.78 is 20.2. The van der Waals surface area contributed by atoms with Crippen LogP contribution in [0, 0.1) is 11.8 Å². The average molecular weight is 380 g/mol. The molecule has 0 saturated heterocycles. The Balaban J connectivity index is 2.73. The molecule has 0 amide bonds. The highest BCUT2D eigenvalue weighted by atomic mass is 16.5. The number of aliphatic hydroxyl groups is 1. The molecule has 148 valence electrons. The normalized spacial score (nSPS) is 27.6. The molecule has 27 heavy (non-hydrogen) atoms. The lowest BCUT2D eigenvalue weighted by Gasteiger charge is -2.43. The Morgan fingerprint density at radius 2 is 1.52 bits per heavy atom. The van der Waals surface area contributed by atoms with Crippen LogP contribution in [0.15, 0.2) is 18.2 Å². The number of rotatable bonds is 5. The zero-order chi connectivity index (χ0) is 20.4. The summed E-state index contributed by atoms with van der Waals surface area (Å²) in [6.45, 7) is 1.38. The van der Waals surface area contributed by atoms with Crippen molar-refractivity contribution in [1.82, 2.24) is 0 Å². The molecule has 4 unspecified atom stereocenters. The van der Waals surface area contributed by atoms with Crippen LogP contribution in [0.25, 0.3) is 0 Å². The molecular formula is C19H24O8. The molecule has 1 aliphatic carbocycles. The molecule has 8 heteroatoms. The second-order valence-corrected chi connectivity index (χ2v) is 6.67. The van der Waals surface area contributed by atoms with Crippen LogP contribution in [0.5, 0.6) is 11.5 Å². The molecule has 0 aliphatic heterocycles. The zero-order valence-electron chi connectivity index (χ0n) is 16.0. The predicted molar refractivity (Wildman–Crippen MR) is 93.5 cm³/mol. The first-order chi connectivity index (χ1) is 12.7. The number of ether oxygens (including phenoxy) is 4. The van der Waals surface area contributed by atoms with Crippen molar-refractivity contribution < 1.29 is 38.4 Å². The Morgan fingerprint density at radius 1 is 1.00 bits per heavy atom. The molecule has 0 radical (unpaired) electrons. The molecule has 1 N–H and O–H groups in total. The third-order valence-electron chi connectivity index (χ3n) is 4.94. The molecule has 1 aromatic rings. The minimum Gasteiger partial charge on any atom is -0.497 e. The lowest BCUT2D eigenvalue weighted by Crippen LogP contribution is -2.55. The summed E-state index contributed by atoms with van der Waals surface area (Å²) in [7, 11) is 5.26. The Morgan fingerprint density at radius 3 is 1.96 bits per heavy atom. The Labute approximate surface area is 157 Å². The minimum atomic E-state index is -1.70. The van der Waals surface area contributed by atoms with E-state index in [4.69, 9.17) is 18.9 Å². The van der Waals surface area contributed by atoms with Gasteiger partial charge in [0.2, 0.25) is 0 Å². The van der Waals surface area contributed by atoms with Gasteiger partial charge in [0.25, 0.3) is 0 Å². The second kappa shape index (κ2) is 7.96. The van der Waals surface area contributed by atoms with Crippen LogP contribution in [0.2, 0.25) is 0 Å². The molecule has 1 saturated carbocycles. The van der Waals surface area contributed by atoms with Gasteiger partial charge >= 0.3 is 11.9 Å². The van der Waals surface area contributed by atoms with Gasteiger partial charge in [-0.05, 0) is 24.6 Å². The number of ketones is 1. The summed E-state index contributed by atoms with van der Waals surface area (Å²) in [5.41, 5.74) is -1.28. The molecule has 0 spiro atoms. The number of carbonyl (C=O) groups excluding carboxylic acids is 3. The number of esters is 2. The lowest BCUT2D eigenvalue weighted by molar-refractivity contribution is -0.170. The van der Waals surface area contributed by atoms with Crippen molar-refractivity contribution in [1.29, 1.82) is 0 Å². The van der Waals surface area contributed by atoms with E-state index in [0.29, 0.717) is 17.1 Å². The molecule has 1 fully saturated rings. The highest BCUT2D eigenvalue weighted by Gasteiger charge is 2.57. The maximum atomic E-state index is 12.7. The van der Waals surface area contributed by atoms with E-state index in [0.717, 1.165) is 0 Å². The topological polar surface area (TPSA) is 108 Å². The first-order valence-corrected chi connectivity index (χ1v) is 8.33. The van der Waals surface area contributed by atoms with E-state index in [1.54, 1.807) is 18.2 Å². The summed E-state index contributed by atoms with van der Waals surface area (Å²) >= 11 is 0. The fourth-order valence-corrected chi connectivity index (χ4v) is 3.69. The fraction of sp³-hybridized carbons (Fsp3) is 0.526.